The Balaban J connectivity index is 1.95. The summed E-state index contributed by atoms with van der Waals surface area (Å²) in [5.74, 6) is 0.141. The van der Waals surface area contributed by atoms with E-state index in [4.69, 9.17) is 4.74 Å². The van der Waals surface area contributed by atoms with E-state index >= 15 is 0 Å². The summed E-state index contributed by atoms with van der Waals surface area (Å²) in [6.45, 7) is 0. The van der Waals surface area contributed by atoms with Gasteiger partial charge in [-0.05, 0) is 46.5 Å². The molecule has 0 spiro atoms. The van der Waals surface area contributed by atoms with E-state index in [0.29, 0.717) is 0 Å². The molecule has 1 nitrogen and oxygen atoms in total. The predicted octanol–water partition coefficient (Wildman–Crippen LogP) is 5.52. The quantitative estimate of drug-likeness (QED) is 0.613. The molecule has 3 aromatic carbocycles. The van der Waals surface area contributed by atoms with Crippen LogP contribution in [0.5, 0.6) is 0 Å². The van der Waals surface area contributed by atoms with E-state index in [1.165, 1.54) is 24.3 Å². The van der Waals surface area contributed by atoms with Crippen molar-refractivity contribution in [1.29, 1.82) is 0 Å². The topological polar surface area (TPSA) is 9.23 Å². The van der Waals surface area contributed by atoms with Crippen molar-refractivity contribution in [2.24, 2.45) is 0 Å². The van der Waals surface area contributed by atoms with E-state index in [2.05, 4.69) is 6.07 Å². The zero-order chi connectivity index (χ0) is 17.4. The maximum Gasteiger partial charge on any atom is 0.123 e. The van der Waals surface area contributed by atoms with Crippen LogP contribution in [0.1, 0.15) is 28.2 Å². The molecule has 1 atom stereocenters. The second-order valence-corrected chi connectivity index (χ2v) is 6.02. The largest absolute Gasteiger partial charge is 0.499 e. The van der Waals surface area contributed by atoms with Crippen LogP contribution in [0.2, 0.25) is 0 Å². The first-order valence-corrected chi connectivity index (χ1v) is 8.08. The summed E-state index contributed by atoms with van der Waals surface area (Å²) < 4.78 is 32.5. The number of allylic oxidation sites excluding steroid dienone is 1. The van der Waals surface area contributed by atoms with Crippen molar-refractivity contribution in [2.45, 2.75) is 5.92 Å². The molecule has 1 aliphatic carbocycles. The number of ether oxygens (including phenoxy) is 1. The minimum absolute atomic E-state index is 0.109. The first-order valence-electron chi connectivity index (χ1n) is 8.08. The monoisotopic (exact) mass is 334 g/mol. The standard InChI is InChI=1S/C22H16F2O/c1-25-22-20(14-6-10-16(23)11-7-14)18-4-2-3-5-19(18)21(22)15-8-12-17(24)13-9-15/h2-13,20H,1H3. The molecule has 1 unspecified atom stereocenters. The van der Waals surface area contributed by atoms with Crippen LogP contribution >= 0.6 is 0 Å². The molecule has 4 rings (SSSR count). The van der Waals surface area contributed by atoms with E-state index in [1.807, 2.05) is 18.2 Å². The van der Waals surface area contributed by atoms with Gasteiger partial charge in [0, 0.05) is 5.57 Å². The average molecular weight is 334 g/mol. The van der Waals surface area contributed by atoms with Crippen LogP contribution in [0.3, 0.4) is 0 Å². The molecule has 0 aromatic heterocycles. The van der Waals surface area contributed by atoms with Crippen LogP contribution < -0.4 is 0 Å². The first-order chi connectivity index (χ1) is 12.2. The summed E-state index contributed by atoms with van der Waals surface area (Å²) in [5, 5.41) is 0. The van der Waals surface area contributed by atoms with E-state index in [-0.39, 0.29) is 17.6 Å². The van der Waals surface area contributed by atoms with Crippen molar-refractivity contribution in [2.75, 3.05) is 7.11 Å². The van der Waals surface area contributed by atoms with Crippen molar-refractivity contribution in [1.82, 2.24) is 0 Å². The predicted molar refractivity (Wildman–Crippen MR) is 94.1 cm³/mol. The van der Waals surface area contributed by atoms with Crippen molar-refractivity contribution in [3.63, 3.8) is 0 Å². The van der Waals surface area contributed by atoms with E-state index < -0.39 is 0 Å². The molecular weight excluding hydrogens is 318 g/mol. The van der Waals surface area contributed by atoms with Crippen molar-refractivity contribution in [3.05, 3.63) is 112 Å². The maximum absolute atomic E-state index is 13.3. The van der Waals surface area contributed by atoms with Gasteiger partial charge in [-0.1, -0.05) is 48.5 Å². The Morgan fingerprint density at radius 1 is 0.760 bits per heavy atom. The summed E-state index contributed by atoms with van der Waals surface area (Å²) in [6, 6.07) is 20.9. The van der Waals surface area contributed by atoms with Crippen LogP contribution in [-0.2, 0) is 4.74 Å². The van der Waals surface area contributed by atoms with Crippen molar-refractivity contribution < 1.29 is 13.5 Å². The van der Waals surface area contributed by atoms with Crippen LogP contribution in [0.25, 0.3) is 5.57 Å². The number of methoxy groups -OCH3 is 1. The minimum Gasteiger partial charge on any atom is -0.499 e. The Morgan fingerprint density at radius 2 is 1.36 bits per heavy atom. The smallest absolute Gasteiger partial charge is 0.123 e. The fourth-order valence-corrected chi connectivity index (χ4v) is 3.52. The Hall–Kier alpha value is -2.94. The number of hydrogen-bond acceptors (Lipinski definition) is 1. The van der Waals surface area contributed by atoms with Crippen LogP contribution in [0, 0.1) is 11.6 Å². The van der Waals surface area contributed by atoms with E-state index in [9.17, 15) is 8.78 Å². The van der Waals surface area contributed by atoms with Gasteiger partial charge in [-0.2, -0.15) is 0 Å². The molecule has 0 amide bonds. The van der Waals surface area contributed by atoms with Crippen LogP contribution in [0.4, 0.5) is 8.78 Å². The Morgan fingerprint density at radius 3 is 2.00 bits per heavy atom. The third-order valence-electron chi connectivity index (χ3n) is 4.61. The summed E-state index contributed by atoms with van der Waals surface area (Å²) in [6.07, 6.45) is 0. The number of fused-ring (bicyclic) bond motifs is 1. The highest BCUT2D eigenvalue weighted by Crippen LogP contribution is 2.48. The first kappa shape index (κ1) is 15.6. The lowest BCUT2D eigenvalue weighted by Crippen LogP contribution is -2.03. The van der Waals surface area contributed by atoms with Gasteiger partial charge in [0.05, 0.1) is 13.0 Å². The van der Waals surface area contributed by atoms with Gasteiger partial charge in [0.25, 0.3) is 0 Å². The normalized spacial score (nSPS) is 16.0. The van der Waals surface area contributed by atoms with Gasteiger partial charge in [-0.15, -0.1) is 0 Å². The third-order valence-corrected chi connectivity index (χ3v) is 4.61. The molecule has 0 fully saturated rings. The summed E-state index contributed by atoms with van der Waals surface area (Å²) in [5.41, 5.74) is 4.97. The van der Waals surface area contributed by atoms with Gasteiger partial charge in [0.1, 0.15) is 17.4 Å². The van der Waals surface area contributed by atoms with E-state index in [0.717, 1.165) is 33.6 Å². The highest BCUT2D eigenvalue weighted by Gasteiger charge is 2.34. The van der Waals surface area contributed by atoms with Gasteiger partial charge in [-0.25, -0.2) is 8.78 Å². The summed E-state index contributed by atoms with van der Waals surface area (Å²) in [4.78, 5) is 0. The lowest BCUT2D eigenvalue weighted by atomic mass is 9.92. The Labute approximate surface area is 145 Å². The zero-order valence-corrected chi connectivity index (χ0v) is 13.7. The number of rotatable bonds is 3. The molecule has 0 heterocycles. The lowest BCUT2D eigenvalue weighted by molar-refractivity contribution is 0.278. The van der Waals surface area contributed by atoms with Crippen molar-refractivity contribution in [3.8, 4) is 0 Å². The van der Waals surface area contributed by atoms with Crippen LogP contribution in [-0.4, -0.2) is 7.11 Å². The Bertz CT molecular complexity index is 941. The lowest BCUT2D eigenvalue weighted by Gasteiger charge is -2.16. The second-order valence-electron chi connectivity index (χ2n) is 6.02. The molecule has 3 aromatic rings. The third kappa shape index (κ3) is 2.62. The fourth-order valence-electron chi connectivity index (χ4n) is 3.52. The minimum atomic E-state index is -0.273. The summed E-state index contributed by atoms with van der Waals surface area (Å²) in [7, 11) is 1.64. The number of benzene rings is 3. The highest BCUT2D eigenvalue weighted by atomic mass is 19.1. The van der Waals surface area contributed by atoms with Crippen LogP contribution in [0.15, 0.2) is 78.6 Å². The van der Waals surface area contributed by atoms with Gasteiger partial charge >= 0.3 is 0 Å². The molecule has 3 heteroatoms. The van der Waals surface area contributed by atoms with Gasteiger partial charge in [0.15, 0.2) is 0 Å². The second kappa shape index (κ2) is 6.17. The molecule has 0 radical (unpaired) electrons. The zero-order valence-electron chi connectivity index (χ0n) is 13.7. The molecule has 0 N–H and O–H groups in total. The molecule has 0 saturated heterocycles. The fraction of sp³-hybridized carbons (Fsp3) is 0.0909. The average Bonchev–Trinajstić information content (AvgIpc) is 2.97. The molecule has 1 aliphatic rings. The molecule has 25 heavy (non-hydrogen) atoms. The highest BCUT2D eigenvalue weighted by molar-refractivity contribution is 5.88. The Kier molecular flexibility index (Phi) is 3.85. The molecule has 0 bridgehead atoms. The SMILES string of the molecule is COC1=C(c2ccc(F)cc2)c2ccccc2C1c1ccc(F)cc1. The number of hydrogen-bond donors (Lipinski definition) is 0. The van der Waals surface area contributed by atoms with Crippen molar-refractivity contribution >= 4 is 5.57 Å². The van der Waals surface area contributed by atoms with Gasteiger partial charge in [-0.3, -0.25) is 0 Å². The molecule has 0 saturated carbocycles. The molecule has 0 aliphatic heterocycles. The maximum atomic E-state index is 13.3. The molecular formula is C22H16F2O. The summed E-state index contributed by atoms with van der Waals surface area (Å²) >= 11 is 0. The number of halogens is 2. The van der Waals surface area contributed by atoms with Gasteiger partial charge < -0.3 is 4.74 Å². The molecule has 124 valence electrons. The van der Waals surface area contributed by atoms with E-state index in [1.54, 1.807) is 31.4 Å². The van der Waals surface area contributed by atoms with Gasteiger partial charge in [0.2, 0.25) is 0 Å².